The topological polar surface area (TPSA) is 46.5 Å². The lowest BCUT2D eigenvalue weighted by Gasteiger charge is -2.34. The van der Waals surface area contributed by atoms with Crippen LogP contribution >= 0.6 is 0 Å². The van der Waals surface area contributed by atoms with Crippen LogP contribution in [0.2, 0.25) is 0 Å². The molecule has 0 aliphatic heterocycles. The van der Waals surface area contributed by atoms with E-state index in [4.69, 9.17) is 4.74 Å². The summed E-state index contributed by atoms with van der Waals surface area (Å²) in [7, 11) is 0. The minimum atomic E-state index is -0.567. The molecule has 0 atom stereocenters. The van der Waals surface area contributed by atoms with Crippen molar-refractivity contribution in [3.63, 3.8) is 0 Å². The molecular weight excluding hydrogens is 432 g/mol. The molecular formula is C32H22O3. The number of carbonyl (C=O) groups excluding carboxylic acids is 1. The highest BCUT2D eigenvalue weighted by molar-refractivity contribution is 5.91. The zero-order valence-electron chi connectivity index (χ0n) is 18.9. The molecule has 3 nitrogen and oxygen atoms in total. The fourth-order valence-corrected chi connectivity index (χ4v) is 5.25. The first-order chi connectivity index (χ1) is 17.2. The molecule has 1 N–H and O–H groups in total. The maximum Gasteiger partial charge on any atom is 0.343 e. The predicted molar refractivity (Wildman–Crippen MR) is 137 cm³/mol. The molecule has 0 radical (unpaired) electrons. The number of aromatic hydroxyl groups is 1. The summed E-state index contributed by atoms with van der Waals surface area (Å²) in [5.74, 6) is 0.331. The summed E-state index contributed by atoms with van der Waals surface area (Å²) in [4.78, 5) is 12.6. The third-order valence-corrected chi connectivity index (χ3v) is 6.76. The van der Waals surface area contributed by atoms with Gasteiger partial charge in [0.2, 0.25) is 0 Å². The van der Waals surface area contributed by atoms with Crippen molar-refractivity contribution in [3.8, 4) is 22.6 Å². The number of hydrogen-bond acceptors (Lipinski definition) is 3. The van der Waals surface area contributed by atoms with Crippen LogP contribution in [-0.2, 0) is 5.41 Å². The first-order valence-electron chi connectivity index (χ1n) is 11.5. The van der Waals surface area contributed by atoms with Gasteiger partial charge in [0, 0.05) is 0 Å². The van der Waals surface area contributed by atoms with Crippen LogP contribution in [0.4, 0.5) is 0 Å². The molecule has 5 aromatic carbocycles. The highest BCUT2D eigenvalue weighted by atomic mass is 16.5. The minimum absolute atomic E-state index is 0.228. The lowest BCUT2D eigenvalue weighted by atomic mass is 9.68. The summed E-state index contributed by atoms with van der Waals surface area (Å²) in [6, 6.07) is 41.1. The monoisotopic (exact) mass is 454 g/mol. The van der Waals surface area contributed by atoms with Crippen molar-refractivity contribution in [2.24, 2.45) is 0 Å². The molecule has 0 saturated heterocycles. The number of benzene rings is 5. The van der Waals surface area contributed by atoms with E-state index in [1.54, 1.807) is 24.3 Å². The molecule has 1 aliphatic carbocycles. The molecule has 0 aromatic heterocycles. The fraction of sp³-hybridized carbons (Fsp3) is 0.0312. The van der Waals surface area contributed by atoms with E-state index in [1.165, 1.54) is 22.3 Å². The van der Waals surface area contributed by atoms with E-state index in [0.717, 1.165) is 11.1 Å². The third-order valence-electron chi connectivity index (χ3n) is 6.76. The Morgan fingerprint density at radius 3 is 1.63 bits per heavy atom. The first kappa shape index (κ1) is 20.9. The van der Waals surface area contributed by atoms with Crippen LogP contribution in [0, 0.1) is 0 Å². The minimum Gasteiger partial charge on any atom is -0.508 e. The van der Waals surface area contributed by atoms with Crippen LogP contribution in [0.15, 0.2) is 127 Å². The Morgan fingerprint density at radius 2 is 1.06 bits per heavy atom. The van der Waals surface area contributed by atoms with E-state index >= 15 is 0 Å². The lowest BCUT2D eigenvalue weighted by molar-refractivity contribution is 0.0734. The van der Waals surface area contributed by atoms with Crippen molar-refractivity contribution in [1.29, 1.82) is 0 Å². The highest BCUT2D eigenvalue weighted by Gasteiger charge is 2.45. The maximum absolute atomic E-state index is 12.6. The molecule has 3 heteroatoms. The van der Waals surface area contributed by atoms with Crippen LogP contribution in [0.5, 0.6) is 11.5 Å². The molecule has 35 heavy (non-hydrogen) atoms. The number of phenolic OH excluding ortho intramolecular Hbond substituents is 1. The Hall–Kier alpha value is -4.63. The number of esters is 1. The molecule has 5 aromatic rings. The van der Waals surface area contributed by atoms with Gasteiger partial charge in [0.25, 0.3) is 0 Å². The van der Waals surface area contributed by atoms with Gasteiger partial charge in [0.05, 0.1) is 11.0 Å². The van der Waals surface area contributed by atoms with Gasteiger partial charge in [-0.3, -0.25) is 0 Å². The molecule has 168 valence electrons. The van der Waals surface area contributed by atoms with Gasteiger partial charge in [-0.25, -0.2) is 4.79 Å². The zero-order valence-corrected chi connectivity index (χ0v) is 18.9. The Bertz CT molecular complexity index is 1470. The standard InChI is InChI=1S/C32H22O3/c33-25-18-14-23(15-19-25)32(29-12-6-4-10-27(29)28-11-5-7-13-30(28)32)24-16-20-26(21-17-24)35-31(34)22-8-2-1-3-9-22/h1-21,33H. The van der Waals surface area contributed by atoms with E-state index in [9.17, 15) is 9.90 Å². The highest BCUT2D eigenvalue weighted by Crippen LogP contribution is 2.56. The summed E-state index contributed by atoms with van der Waals surface area (Å²) >= 11 is 0. The molecule has 0 spiro atoms. The second-order valence-corrected chi connectivity index (χ2v) is 8.67. The van der Waals surface area contributed by atoms with Crippen molar-refractivity contribution >= 4 is 5.97 Å². The van der Waals surface area contributed by atoms with E-state index in [2.05, 4.69) is 48.5 Å². The van der Waals surface area contributed by atoms with Gasteiger partial charge < -0.3 is 9.84 Å². The molecule has 6 rings (SSSR count). The van der Waals surface area contributed by atoms with Gasteiger partial charge in [-0.05, 0) is 69.8 Å². The third kappa shape index (κ3) is 3.32. The number of ether oxygens (including phenoxy) is 1. The van der Waals surface area contributed by atoms with Gasteiger partial charge in [0.1, 0.15) is 11.5 Å². The molecule has 0 unspecified atom stereocenters. The second kappa shape index (κ2) is 8.30. The van der Waals surface area contributed by atoms with E-state index in [0.29, 0.717) is 11.3 Å². The van der Waals surface area contributed by atoms with E-state index < -0.39 is 5.41 Å². The number of rotatable bonds is 4. The normalized spacial score (nSPS) is 13.0. The first-order valence-corrected chi connectivity index (χ1v) is 11.5. The van der Waals surface area contributed by atoms with Gasteiger partial charge in [0.15, 0.2) is 0 Å². The lowest BCUT2D eigenvalue weighted by Crippen LogP contribution is -2.28. The summed E-state index contributed by atoms with van der Waals surface area (Å²) in [6.07, 6.45) is 0. The van der Waals surface area contributed by atoms with Crippen molar-refractivity contribution < 1.29 is 14.6 Å². The summed E-state index contributed by atoms with van der Waals surface area (Å²) in [5, 5.41) is 10.0. The quantitative estimate of drug-likeness (QED) is 0.231. The fourth-order valence-electron chi connectivity index (χ4n) is 5.25. The SMILES string of the molecule is O=C(Oc1ccc(C2(c3ccc(O)cc3)c3ccccc3-c3ccccc32)cc1)c1ccccc1. The number of fused-ring (bicyclic) bond motifs is 3. The molecule has 0 bridgehead atoms. The van der Waals surface area contributed by atoms with Gasteiger partial charge in [-0.1, -0.05) is 91.0 Å². The Kier molecular flexibility index (Phi) is 4.97. The number of carbonyl (C=O) groups is 1. The van der Waals surface area contributed by atoms with Crippen LogP contribution in [-0.4, -0.2) is 11.1 Å². The summed E-state index contributed by atoms with van der Waals surface area (Å²) in [5.41, 5.74) is 6.80. The molecule has 1 aliphatic rings. The maximum atomic E-state index is 12.6. The largest absolute Gasteiger partial charge is 0.508 e. The molecule has 0 fully saturated rings. The summed E-state index contributed by atoms with van der Waals surface area (Å²) in [6.45, 7) is 0. The van der Waals surface area contributed by atoms with Crippen molar-refractivity contribution in [3.05, 3.63) is 155 Å². The second-order valence-electron chi connectivity index (χ2n) is 8.67. The molecule has 0 saturated carbocycles. The summed E-state index contributed by atoms with van der Waals surface area (Å²) < 4.78 is 5.64. The van der Waals surface area contributed by atoms with Crippen LogP contribution < -0.4 is 4.74 Å². The Labute approximate surface area is 203 Å². The molecule has 0 amide bonds. The van der Waals surface area contributed by atoms with Crippen molar-refractivity contribution in [2.45, 2.75) is 5.41 Å². The van der Waals surface area contributed by atoms with Gasteiger partial charge in [-0.2, -0.15) is 0 Å². The van der Waals surface area contributed by atoms with Crippen molar-refractivity contribution in [1.82, 2.24) is 0 Å². The van der Waals surface area contributed by atoms with Crippen LogP contribution in [0.3, 0.4) is 0 Å². The average Bonchev–Trinajstić information content (AvgIpc) is 3.21. The number of hydrogen-bond donors (Lipinski definition) is 1. The van der Waals surface area contributed by atoms with E-state index in [1.807, 2.05) is 54.6 Å². The smallest absolute Gasteiger partial charge is 0.343 e. The van der Waals surface area contributed by atoms with Gasteiger partial charge >= 0.3 is 5.97 Å². The van der Waals surface area contributed by atoms with Crippen molar-refractivity contribution in [2.75, 3.05) is 0 Å². The van der Waals surface area contributed by atoms with Gasteiger partial charge in [-0.15, -0.1) is 0 Å². The Morgan fingerprint density at radius 1 is 0.571 bits per heavy atom. The Balaban J connectivity index is 1.51. The van der Waals surface area contributed by atoms with Crippen LogP contribution in [0.25, 0.3) is 11.1 Å². The average molecular weight is 455 g/mol. The van der Waals surface area contributed by atoms with E-state index in [-0.39, 0.29) is 11.7 Å². The number of phenols is 1. The molecule has 0 heterocycles. The zero-order chi connectivity index (χ0) is 23.8. The predicted octanol–water partition coefficient (Wildman–Crippen LogP) is 6.97. The van der Waals surface area contributed by atoms with Crippen LogP contribution in [0.1, 0.15) is 32.6 Å².